The van der Waals surface area contributed by atoms with Crippen LogP contribution in [0.4, 0.5) is 0 Å². The Balaban J connectivity index is 2.35. The molecule has 0 saturated heterocycles. The molecule has 0 aromatic heterocycles. The standard InChI is InChI=1S/C19H19BrN2O/c1-3-11-22(14(2)17-9-4-5-10-18(17)20)19(23)16-8-6-7-15(12-16)13-21/h4-10,12,14H,3,11H2,1-2H3/t14-/m0/s1. The lowest BCUT2D eigenvalue weighted by atomic mass is 10.0. The zero-order valence-corrected chi connectivity index (χ0v) is 14.9. The van der Waals surface area contributed by atoms with E-state index in [0.29, 0.717) is 17.7 Å². The Labute approximate surface area is 145 Å². The molecule has 0 aliphatic rings. The molecule has 0 aliphatic carbocycles. The second kappa shape index (κ2) is 7.94. The van der Waals surface area contributed by atoms with Gasteiger partial charge in [0, 0.05) is 16.6 Å². The number of halogens is 1. The van der Waals surface area contributed by atoms with Gasteiger partial charge in [0.05, 0.1) is 17.7 Å². The molecule has 0 aliphatic heterocycles. The van der Waals surface area contributed by atoms with E-state index in [-0.39, 0.29) is 11.9 Å². The zero-order chi connectivity index (χ0) is 16.8. The summed E-state index contributed by atoms with van der Waals surface area (Å²) in [5, 5.41) is 9.03. The first kappa shape index (κ1) is 17.2. The average Bonchev–Trinajstić information content (AvgIpc) is 2.59. The Morgan fingerprint density at radius 2 is 2.00 bits per heavy atom. The minimum Gasteiger partial charge on any atom is -0.332 e. The Kier molecular flexibility index (Phi) is 5.95. The van der Waals surface area contributed by atoms with Crippen molar-refractivity contribution in [2.75, 3.05) is 6.54 Å². The maximum atomic E-state index is 12.9. The van der Waals surface area contributed by atoms with Gasteiger partial charge >= 0.3 is 0 Å². The Hall–Kier alpha value is -2.12. The van der Waals surface area contributed by atoms with E-state index in [2.05, 4.69) is 28.9 Å². The van der Waals surface area contributed by atoms with Crippen LogP contribution >= 0.6 is 15.9 Å². The number of carbonyl (C=O) groups excluding carboxylic acids is 1. The van der Waals surface area contributed by atoms with Crippen molar-refractivity contribution in [1.29, 1.82) is 5.26 Å². The molecule has 1 amide bonds. The van der Waals surface area contributed by atoms with Crippen LogP contribution in [0.1, 0.15) is 47.8 Å². The highest BCUT2D eigenvalue weighted by atomic mass is 79.9. The van der Waals surface area contributed by atoms with E-state index in [1.807, 2.05) is 36.1 Å². The van der Waals surface area contributed by atoms with Crippen molar-refractivity contribution in [3.05, 3.63) is 69.7 Å². The van der Waals surface area contributed by atoms with Crippen LogP contribution in [0.3, 0.4) is 0 Å². The number of benzene rings is 2. The van der Waals surface area contributed by atoms with Crippen molar-refractivity contribution in [3.8, 4) is 6.07 Å². The maximum Gasteiger partial charge on any atom is 0.254 e. The van der Waals surface area contributed by atoms with Crippen molar-refractivity contribution in [3.63, 3.8) is 0 Å². The molecular weight excluding hydrogens is 352 g/mol. The molecule has 4 heteroatoms. The monoisotopic (exact) mass is 370 g/mol. The van der Waals surface area contributed by atoms with Gasteiger partial charge in [0.1, 0.15) is 0 Å². The van der Waals surface area contributed by atoms with E-state index >= 15 is 0 Å². The van der Waals surface area contributed by atoms with E-state index in [0.717, 1.165) is 16.5 Å². The fourth-order valence-corrected chi connectivity index (χ4v) is 3.20. The second-order valence-electron chi connectivity index (χ2n) is 5.39. The van der Waals surface area contributed by atoms with Crippen LogP contribution in [-0.2, 0) is 0 Å². The molecule has 0 radical (unpaired) electrons. The number of rotatable bonds is 5. The summed E-state index contributed by atoms with van der Waals surface area (Å²) in [7, 11) is 0. The van der Waals surface area contributed by atoms with E-state index in [9.17, 15) is 4.79 Å². The van der Waals surface area contributed by atoms with Crippen molar-refractivity contribution in [1.82, 2.24) is 4.90 Å². The van der Waals surface area contributed by atoms with Gasteiger partial charge in [-0.05, 0) is 43.2 Å². The summed E-state index contributed by atoms with van der Waals surface area (Å²) in [6.07, 6.45) is 0.873. The lowest BCUT2D eigenvalue weighted by Crippen LogP contribution is -2.34. The molecule has 2 aromatic rings. The fourth-order valence-electron chi connectivity index (χ4n) is 2.58. The summed E-state index contributed by atoms with van der Waals surface area (Å²) in [6, 6.07) is 16.8. The number of nitrogens with zero attached hydrogens (tertiary/aromatic N) is 2. The molecule has 1 atom stereocenters. The third-order valence-electron chi connectivity index (χ3n) is 3.79. The Morgan fingerprint density at radius 3 is 2.65 bits per heavy atom. The summed E-state index contributed by atoms with van der Waals surface area (Å²) < 4.78 is 0.993. The summed E-state index contributed by atoms with van der Waals surface area (Å²) >= 11 is 3.56. The number of nitriles is 1. The second-order valence-corrected chi connectivity index (χ2v) is 6.24. The largest absolute Gasteiger partial charge is 0.332 e. The molecule has 0 spiro atoms. The lowest BCUT2D eigenvalue weighted by Gasteiger charge is -2.30. The summed E-state index contributed by atoms with van der Waals surface area (Å²) in [5.41, 5.74) is 2.13. The Morgan fingerprint density at radius 1 is 1.26 bits per heavy atom. The van der Waals surface area contributed by atoms with Gasteiger partial charge in [-0.25, -0.2) is 0 Å². The topological polar surface area (TPSA) is 44.1 Å². The Bertz CT molecular complexity index is 736. The summed E-state index contributed by atoms with van der Waals surface area (Å²) in [5.74, 6) is -0.0489. The minimum atomic E-state index is -0.0521. The molecule has 3 nitrogen and oxygen atoms in total. The molecule has 0 saturated carbocycles. The smallest absolute Gasteiger partial charge is 0.254 e. The molecular formula is C19H19BrN2O. The van der Waals surface area contributed by atoms with E-state index in [1.165, 1.54) is 0 Å². The third-order valence-corrected chi connectivity index (χ3v) is 4.51. The SMILES string of the molecule is CCCN(C(=O)c1cccc(C#N)c1)[C@@H](C)c1ccccc1Br. The number of carbonyl (C=O) groups is 1. The highest BCUT2D eigenvalue weighted by Crippen LogP contribution is 2.28. The van der Waals surface area contributed by atoms with Gasteiger partial charge in [0.2, 0.25) is 0 Å². The fraction of sp³-hybridized carbons (Fsp3) is 0.263. The molecule has 0 heterocycles. The molecule has 118 valence electrons. The van der Waals surface area contributed by atoms with Gasteiger partial charge in [-0.2, -0.15) is 5.26 Å². The summed E-state index contributed by atoms with van der Waals surface area (Å²) in [6.45, 7) is 4.75. The maximum absolute atomic E-state index is 12.9. The first-order valence-corrected chi connectivity index (χ1v) is 8.43. The predicted octanol–water partition coefficient (Wildman–Crippen LogP) is 4.93. The molecule has 0 N–H and O–H groups in total. The molecule has 23 heavy (non-hydrogen) atoms. The van der Waals surface area contributed by atoms with Crippen LogP contribution in [-0.4, -0.2) is 17.4 Å². The molecule has 0 fully saturated rings. The van der Waals surface area contributed by atoms with Gasteiger partial charge in [-0.15, -0.1) is 0 Å². The van der Waals surface area contributed by atoms with Crippen LogP contribution in [0.15, 0.2) is 53.0 Å². The van der Waals surface area contributed by atoms with Crippen molar-refractivity contribution >= 4 is 21.8 Å². The highest BCUT2D eigenvalue weighted by molar-refractivity contribution is 9.10. The minimum absolute atomic E-state index is 0.0489. The van der Waals surface area contributed by atoms with Crippen molar-refractivity contribution < 1.29 is 4.79 Å². The third kappa shape index (κ3) is 4.00. The highest BCUT2D eigenvalue weighted by Gasteiger charge is 2.23. The lowest BCUT2D eigenvalue weighted by molar-refractivity contribution is 0.0690. The van der Waals surface area contributed by atoms with Crippen LogP contribution in [0.5, 0.6) is 0 Å². The zero-order valence-electron chi connectivity index (χ0n) is 13.3. The molecule has 2 aromatic carbocycles. The molecule has 0 bridgehead atoms. The van der Waals surface area contributed by atoms with Crippen LogP contribution in [0.2, 0.25) is 0 Å². The molecule has 2 rings (SSSR count). The molecule has 0 unspecified atom stereocenters. The quantitative estimate of drug-likeness (QED) is 0.748. The van der Waals surface area contributed by atoms with Crippen molar-refractivity contribution in [2.24, 2.45) is 0 Å². The van der Waals surface area contributed by atoms with Gasteiger partial charge in [0.25, 0.3) is 5.91 Å². The number of amides is 1. The first-order chi connectivity index (χ1) is 11.1. The van der Waals surface area contributed by atoms with Gasteiger partial charge in [0.15, 0.2) is 0 Å². The number of hydrogen-bond donors (Lipinski definition) is 0. The predicted molar refractivity (Wildman–Crippen MR) is 95.0 cm³/mol. The van der Waals surface area contributed by atoms with E-state index in [1.54, 1.807) is 24.3 Å². The van der Waals surface area contributed by atoms with Gasteiger partial charge in [-0.3, -0.25) is 4.79 Å². The van der Waals surface area contributed by atoms with E-state index in [4.69, 9.17) is 5.26 Å². The number of hydrogen-bond acceptors (Lipinski definition) is 2. The summed E-state index contributed by atoms with van der Waals surface area (Å²) in [4.78, 5) is 14.8. The van der Waals surface area contributed by atoms with Crippen LogP contribution < -0.4 is 0 Å². The average molecular weight is 371 g/mol. The van der Waals surface area contributed by atoms with Crippen LogP contribution in [0.25, 0.3) is 0 Å². The van der Waals surface area contributed by atoms with Gasteiger partial charge in [-0.1, -0.05) is 47.1 Å². The van der Waals surface area contributed by atoms with Crippen LogP contribution in [0, 0.1) is 11.3 Å². The van der Waals surface area contributed by atoms with E-state index < -0.39 is 0 Å². The van der Waals surface area contributed by atoms with Crippen molar-refractivity contribution in [2.45, 2.75) is 26.3 Å². The first-order valence-electron chi connectivity index (χ1n) is 7.64. The normalized spacial score (nSPS) is 11.6. The van der Waals surface area contributed by atoms with Gasteiger partial charge < -0.3 is 4.90 Å².